The van der Waals surface area contributed by atoms with Gasteiger partial charge in [0.1, 0.15) is 0 Å². The maximum Gasteiger partial charge on any atom is 0.258 e. The number of hydrogen-bond acceptors (Lipinski definition) is 5. The zero-order valence-corrected chi connectivity index (χ0v) is 8.69. The van der Waals surface area contributed by atoms with Crippen molar-refractivity contribution in [1.29, 1.82) is 0 Å². The van der Waals surface area contributed by atoms with Crippen LogP contribution >= 0.6 is 11.6 Å². The van der Waals surface area contributed by atoms with Crippen LogP contribution in [0.4, 0.5) is 11.6 Å². The highest BCUT2D eigenvalue weighted by Crippen LogP contribution is 2.19. The largest absolute Gasteiger partial charge is 0.398 e. The van der Waals surface area contributed by atoms with E-state index in [4.69, 9.17) is 17.3 Å². The molecule has 16 heavy (non-hydrogen) atoms. The fourth-order valence-electron chi connectivity index (χ4n) is 1.08. The summed E-state index contributed by atoms with van der Waals surface area (Å²) in [5.74, 6) is -0.208. The van der Waals surface area contributed by atoms with Crippen LogP contribution in [0.25, 0.3) is 0 Å². The molecule has 7 nitrogen and oxygen atoms in total. The number of H-pyrrole nitrogens is 1. The Hall–Kier alpha value is -2.15. The number of anilines is 2. The summed E-state index contributed by atoms with van der Waals surface area (Å²) in [4.78, 5) is 11.7. The molecule has 0 unspecified atom stereocenters. The van der Waals surface area contributed by atoms with Gasteiger partial charge in [0.05, 0.1) is 10.7 Å². The standard InChI is InChI=1S/C8H7ClN6O/c9-5-2-1-4(3-6(5)10)7(16)11-8-12-14-15-13-8/h1-3H,10H2,(H2,11,12,13,14,15,16). The third kappa shape index (κ3) is 2.09. The van der Waals surface area contributed by atoms with Crippen molar-refractivity contribution in [2.75, 3.05) is 11.1 Å². The number of tetrazole rings is 1. The molecule has 0 fully saturated rings. The molecule has 4 N–H and O–H groups in total. The number of aromatic amines is 1. The van der Waals surface area contributed by atoms with Crippen LogP contribution in [-0.2, 0) is 0 Å². The van der Waals surface area contributed by atoms with Crippen LogP contribution in [0.3, 0.4) is 0 Å². The van der Waals surface area contributed by atoms with Crippen LogP contribution in [-0.4, -0.2) is 26.5 Å². The predicted molar refractivity (Wildman–Crippen MR) is 58.0 cm³/mol. The molecule has 8 heteroatoms. The van der Waals surface area contributed by atoms with E-state index in [0.717, 1.165) is 0 Å². The van der Waals surface area contributed by atoms with Crippen LogP contribution in [0.2, 0.25) is 5.02 Å². The average Bonchev–Trinajstić information content (AvgIpc) is 2.74. The van der Waals surface area contributed by atoms with Crippen LogP contribution in [0.15, 0.2) is 18.2 Å². The Morgan fingerprint density at radius 2 is 2.31 bits per heavy atom. The zero-order valence-electron chi connectivity index (χ0n) is 7.94. The third-order valence-corrected chi connectivity index (χ3v) is 2.18. The topological polar surface area (TPSA) is 110 Å². The second kappa shape index (κ2) is 4.15. The van der Waals surface area contributed by atoms with Crippen molar-refractivity contribution in [3.05, 3.63) is 28.8 Å². The van der Waals surface area contributed by atoms with Crippen molar-refractivity contribution in [1.82, 2.24) is 20.6 Å². The average molecular weight is 239 g/mol. The van der Waals surface area contributed by atoms with Gasteiger partial charge in [-0.2, -0.15) is 0 Å². The molecule has 0 saturated heterocycles. The molecule has 0 atom stereocenters. The van der Waals surface area contributed by atoms with Crippen molar-refractivity contribution in [3.8, 4) is 0 Å². The molecule has 0 saturated carbocycles. The molecule has 1 aromatic heterocycles. The minimum absolute atomic E-state index is 0.165. The van der Waals surface area contributed by atoms with Gasteiger partial charge in [-0.3, -0.25) is 10.1 Å². The number of hydrogen-bond donors (Lipinski definition) is 3. The molecule has 82 valence electrons. The summed E-state index contributed by atoms with van der Waals surface area (Å²) < 4.78 is 0. The Balaban J connectivity index is 2.18. The van der Waals surface area contributed by atoms with E-state index in [1.807, 2.05) is 0 Å². The number of nitrogen functional groups attached to an aromatic ring is 1. The Kier molecular flexibility index (Phi) is 2.69. The fraction of sp³-hybridized carbons (Fsp3) is 0. The van der Waals surface area contributed by atoms with Crippen molar-refractivity contribution < 1.29 is 4.79 Å². The SMILES string of the molecule is Nc1cc(C(=O)Nc2nnn[nH]2)ccc1Cl. The van der Waals surface area contributed by atoms with Gasteiger partial charge >= 0.3 is 0 Å². The lowest BCUT2D eigenvalue weighted by Gasteiger charge is -2.03. The van der Waals surface area contributed by atoms with E-state index in [1.54, 1.807) is 12.1 Å². The fourth-order valence-corrected chi connectivity index (χ4v) is 1.19. The third-order valence-electron chi connectivity index (χ3n) is 1.84. The van der Waals surface area contributed by atoms with E-state index < -0.39 is 0 Å². The van der Waals surface area contributed by atoms with E-state index in [2.05, 4.69) is 25.9 Å². The molecule has 0 radical (unpaired) electrons. The molecule has 2 rings (SSSR count). The van der Waals surface area contributed by atoms with Gasteiger partial charge in [0.2, 0.25) is 5.95 Å². The van der Waals surface area contributed by atoms with Crippen molar-refractivity contribution in [2.45, 2.75) is 0 Å². The van der Waals surface area contributed by atoms with E-state index in [1.165, 1.54) is 6.07 Å². The second-order valence-electron chi connectivity index (χ2n) is 2.94. The van der Waals surface area contributed by atoms with Crippen molar-refractivity contribution >= 4 is 29.1 Å². The molecule has 0 spiro atoms. The quantitative estimate of drug-likeness (QED) is 0.667. The molecular weight excluding hydrogens is 232 g/mol. The zero-order chi connectivity index (χ0) is 11.5. The minimum atomic E-state index is -0.373. The highest BCUT2D eigenvalue weighted by Gasteiger charge is 2.09. The van der Waals surface area contributed by atoms with Gasteiger partial charge in [-0.1, -0.05) is 16.7 Å². The number of carbonyl (C=O) groups excluding carboxylic acids is 1. The molecule has 1 aromatic carbocycles. The lowest BCUT2D eigenvalue weighted by molar-refractivity contribution is 0.102. The Morgan fingerprint density at radius 3 is 2.94 bits per heavy atom. The number of amides is 1. The normalized spacial score (nSPS) is 10.1. The van der Waals surface area contributed by atoms with Crippen molar-refractivity contribution in [3.63, 3.8) is 0 Å². The summed E-state index contributed by atoms with van der Waals surface area (Å²) >= 11 is 5.73. The molecule has 1 amide bonds. The number of benzene rings is 1. The lowest BCUT2D eigenvalue weighted by Crippen LogP contribution is -2.13. The monoisotopic (exact) mass is 238 g/mol. The summed E-state index contributed by atoms with van der Waals surface area (Å²) in [5, 5.41) is 15.4. The summed E-state index contributed by atoms with van der Waals surface area (Å²) in [6.07, 6.45) is 0. The molecule has 1 heterocycles. The summed E-state index contributed by atoms with van der Waals surface area (Å²) in [7, 11) is 0. The lowest BCUT2D eigenvalue weighted by atomic mass is 10.2. The highest BCUT2D eigenvalue weighted by atomic mass is 35.5. The van der Waals surface area contributed by atoms with E-state index in [-0.39, 0.29) is 11.9 Å². The van der Waals surface area contributed by atoms with Crippen LogP contribution in [0.5, 0.6) is 0 Å². The van der Waals surface area contributed by atoms with Gasteiger partial charge in [-0.05, 0) is 28.6 Å². The molecule has 0 aliphatic rings. The van der Waals surface area contributed by atoms with Gasteiger partial charge in [-0.25, -0.2) is 5.10 Å². The van der Waals surface area contributed by atoms with E-state index in [0.29, 0.717) is 16.3 Å². The number of nitrogens with two attached hydrogens (primary N) is 1. The number of rotatable bonds is 2. The smallest absolute Gasteiger partial charge is 0.258 e. The summed E-state index contributed by atoms with van der Waals surface area (Å²) in [6.45, 7) is 0. The first-order valence-electron chi connectivity index (χ1n) is 4.27. The number of nitrogens with zero attached hydrogens (tertiary/aromatic N) is 3. The van der Waals surface area contributed by atoms with E-state index in [9.17, 15) is 4.79 Å². The minimum Gasteiger partial charge on any atom is -0.398 e. The highest BCUT2D eigenvalue weighted by molar-refractivity contribution is 6.33. The first kappa shape index (κ1) is 10.4. The molecular formula is C8H7ClN6O. The van der Waals surface area contributed by atoms with Crippen LogP contribution in [0.1, 0.15) is 10.4 Å². The van der Waals surface area contributed by atoms with Crippen LogP contribution < -0.4 is 11.1 Å². The van der Waals surface area contributed by atoms with Gasteiger partial charge in [0.25, 0.3) is 5.91 Å². The van der Waals surface area contributed by atoms with E-state index >= 15 is 0 Å². The van der Waals surface area contributed by atoms with Gasteiger partial charge in [0, 0.05) is 5.56 Å². The predicted octanol–water partition coefficient (Wildman–Crippen LogP) is 0.688. The summed E-state index contributed by atoms with van der Waals surface area (Å²) in [6, 6.07) is 4.57. The van der Waals surface area contributed by atoms with Gasteiger partial charge in [-0.15, -0.1) is 0 Å². The first-order valence-corrected chi connectivity index (χ1v) is 4.64. The Bertz CT molecular complexity index is 511. The van der Waals surface area contributed by atoms with Crippen molar-refractivity contribution in [2.24, 2.45) is 0 Å². The Labute approximate surface area is 95.0 Å². The molecule has 0 aliphatic heterocycles. The molecule has 0 aliphatic carbocycles. The summed E-state index contributed by atoms with van der Waals surface area (Å²) in [5.41, 5.74) is 6.28. The maximum absolute atomic E-state index is 11.7. The van der Waals surface area contributed by atoms with Gasteiger partial charge < -0.3 is 5.73 Å². The van der Waals surface area contributed by atoms with Gasteiger partial charge in [0.15, 0.2) is 0 Å². The number of nitrogens with one attached hydrogen (secondary N) is 2. The molecule has 2 aromatic rings. The Morgan fingerprint density at radius 1 is 1.50 bits per heavy atom. The second-order valence-corrected chi connectivity index (χ2v) is 3.35. The number of aromatic nitrogens is 4. The number of carbonyl (C=O) groups is 1. The van der Waals surface area contributed by atoms with Crippen LogP contribution in [0, 0.1) is 0 Å². The first-order chi connectivity index (χ1) is 7.66. The molecule has 0 bridgehead atoms. The maximum atomic E-state index is 11.7. The number of halogens is 1.